The zero-order chi connectivity index (χ0) is 12.8. The van der Waals surface area contributed by atoms with E-state index in [-0.39, 0.29) is 31.0 Å². The molecule has 92 valence electrons. The van der Waals surface area contributed by atoms with E-state index in [4.69, 9.17) is 10.2 Å². The van der Waals surface area contributed by atoms with Gasteiger partial charge in [0.05, 0.1) is 18.6 Å². The molecular formula is C12H15NO4. The smallest absolute Gasteiger partial charge is 0.335 e. The number of hydrogen-bond donors (Lipinski definition) is 2. The average molecular weight is 237 g/mol. The minimum absolute atomic E-state index is 0.0268. The zero-order valence-electron chi connectivity index (χ0n) is 9.59. The monoisotopic (exact) mass is 237 g/mol. The summed E-state index contributed by atoms with van der Waals surface area (Å²) in [5.41, 5.74) is 0.619. The standard InChI is InChI=1S/C12H15NO4/c1-13(6-7-14)11(15)8-9-4-2-3-5-10(9)12(16)17/h2-5,14H,6-8H2,1H3,(H,16,17). The maximum Gasteiger partial charge on any atom is 0.335 e. The van der Waals surface area contributed by atoms with Crippen LogP contribution in [0.2, 0.25) is 0 Å². The van der Waals surface area contributed by atoms with Crippen LogP contribution in [0, 0.1) is 0 Å². The van der Waals surface area contributed by atoms with E-state index >= 15 is 0 Å². The number of aromatic carboxylic acids is 1. The van der Waals surface area contributed by atoms with Gasteiger partial charge in [0.2, 0.25) is 5.91 Å². The van der Waals surface area contributed by atoms with Crippen molar-refractivity contribution in [2.45, 2.75) is 6.42 Å². The fraction of sp³-hybridized carbons (Fsp3) is 0.333. The van der Waals surface area contributed by atoms with Gasteiger partial charge in [-0.15, -0.1) is 0 Å². The molecule has 5 heteroatoms. The highest BCUT2D eigenvalue weighted by Crippen LogP contribution is 2.10. The molecule has 1 rings (SSSR count). The Hall–Kier alpha value is -1.88. The second-order valence-corrected chi connectivity index (χ2v) is 3.68. The summed E-state index contributed by atoms with van der Waals surface area (Å²) in [6.07, 6.45) is 0.0268. The van der Waals surface area contributed by atoms with Crippen LogP contribution in [0.1, 0.15) is 15.9 Å². The number of benzene rings is 1. The Balaban J connectivity index is 2.81. The van der Waals surface area contributed by atoms with Crippen LogP contribution in [0.25, 0.3) is 0 Å². The summed E-state index contributed by atoms with van der Waals surface area (Å²) in [5.74, 6) is -1.26. The number of carbonyl (C=O) groups is 2. The Labute approximate surface area is 99.3 Å². The SMILES string of the molecule is CN(CCO)C(=O)Cc1ccccc1C(=O)O. The normalized spacial score (nSPS) is 10.0. The Bertz CT molecular complexity index is 417. The van der Waals surface area contributed by atoms with Gasteiger partial charge in [0.25, 0.3) is 0 Å². The third-order valence-electron chi connectivity index (χ3n) is 2.45. The highest BCUT2D eigenvalue weighted by Gasteiger charge is 2.14. The van der Waals surface area contributed by atoms with Gasteiger partial charge in [-0.1, -0.05) is 18.2 Å². The summed E-state index contributed by atoms with van der Waals surface area (Å²) < 4.78 is 0. The topological polar surface area (TPSA) is 77.8 Å². The fourth-order valence-electron chi connectivity index (χ4n) is 1.46. The van der Waals surface area contributed by atoms with Gasteiger partial charge in [0.1, 0.15) is 0 Å². The molecule has 1 amide bonds. The van der Waals surface area contributed by atoms with Crippen LogP contribution in [0.4, 0.5) is 0 Å². The first kappa shape index (κ1) is 13.2. The number of carbonyl (C=O) groups excluding carboxylic acids is 1. The molecule has 0 aliphatic carbocycles. The van der Waals surface area contributed by atoms with Crippen LogP contribution in [0.5, 0.6) is 0 Å². The molecule has 17 heavy (non-hydrogen) atoms. The molecule has 0 atom stereocenters. The van der Waals surface area contributed by atoms with Crippen LogP contribution < -0.4 is 0 Å². The molecule has 0 aliphatic rings. The van der Waals surface area contributed by atoms with E-state index in [2.05, 4.69) is 0 Å². The summed E-state index contributed by atoms with van der Waals surface area (Å²) >= 11 is 0. The van der Waals surface area contributed by atoms with Crippen LogP contribution in [-0.2, 0) is 11.2 Å². The lowest BCUT2D eigenvalue weighted by Gasteiger charge is -2.16. The summed E-state index contributed by atoms with van der Waals surface area (Å²) in [4.78, 5) is 24.0. The molecule has 0 aliphatic heterocycles. The molecule has 0 heterocycles. The van der Waals surface area contributed by atoms with E-state index in [0.717, 1.165) is 0 Å². The van der Waals surface area contributed by atoms with Crippen molar-refractivity contribution in [3.05, 3.63) is 35.4 Å². The van der Waals surface area contributed by atoms with E-state index in [1.807, 2.05) is 0 Å². The first-order chi connectivity index (χ1) is 8.06. The molecule has 0 fully saturated rings. The molecule has 0 radical (unpaired) electrons. The van der Waals surface area contributed by atoms with Crippen molar-refractivity contribution in [3.63, 3.8) is 0 Å². The molecule has 1 aromatic rings. The number of aliphatic hydroxyl groups is 1. The molecule has 2 N–H and O–H groups in total. The number of rotatable bonds is 5. The predicted molar refractivity (Wildman–Crippen MR) is 61.8 cm³/mol. The summed E-state index contributed by atoms with van der Waals surface area (Å²) in [5, 5.41) is 17.7. The van der Waals surface area contributed by atoms with Crippen LogP contribution in [0.15, 0.2) is 24.3 Å². The maximum atomic E-state index is 11.7. The molecule has 0 bridgehead atoms. The minimum Gasteiger partial charge on any atom is -0.478 e. The number of carboxylic acids is 1. The number of nitrogens with zero attached hydrogens (tertiary/aromatic N) is 1. The third kappa shape index (κ3) is 3.57. The van der Waals surface area contributed by atoms with E-state index < -0.39 is 5.97 Å². The lowest BCUT2D eigenvalue weighted by molar-refractivity contribution is -0.129. The van der Waals surface area contributed by atoms with Gasteiger partial charge < -0.3 is 15.1 Å². The maximum absolute atomic E-state index is 11.7. The van der Waals surface area contributed by atoms with Crippen LogP contribution in [-0.4, -0.2) is 47.2 Å². The van der Waals surface area contributed by atoms with Crippen molar-refractivity contribution >= 4 is 11.9 Å². The van der Waals surface area contributed by atoms with Crippen molar-refractivity contribution in [3.8, 4) is 0 Å². The van der Waals surface area contributed by atoms with Gasteiger partial charge in [-0.05, 0) is 11.6 Å². The van der Waals surface area contributed by atoms with E-state index in [1.165, 1.54) is 11.0 Å². The molecule has 0 saturated heterocycles. The first-order valence-corrected chi connectivity index (χ1v) is 5.22. The van der Waals surface area contributed by atoms with Gasteiger partial charge in [-0.2, -0.15) is 0 Å². The van der Waals surface area contributed by atoms with Gasteiger partial charge in [0, 0.05) is 13.6 Å². The zero-order valence-corrected chi connectivity index (χ0v) is 9.59. The van der Waals surface area contributed by atoms with E-state index in [1.54, 1.807) is 25.2 Å². The lowest BCUT2D eigenvalue weighted by Crippen LogP contribution is -2.31. The van der Waals surface area contributed by atoms with E-state index in [9.17, 15) is 9.59 Å². The Morgan fingerprint density at radius 1 is 1.29 bits per heavy atom. The van der Waals surface area contributed by atoms with Gasteiger partial charge in [-0.3, -0.25) is 4.79 Å². The molecule has 5 nitrogen and oxygen atoms in total. The highest BCUT2D eigenvalue weighted by molar-refractivity contribution is 5.91. The third-order valence-corrected chi connectivity index (χ3v) is 2.45. The molecule has 0 aromatic heterocycles. The van der Waals surface area contributed by atoms with Crippen molar-refractivity contribution < 1.29 is 19.8 Å². The van der Waals surface area contributed by atoms with Crippen LogP contribution >= 0.6 is 0 Å². The fourth-order valence-corrected chi connectivity index (χ4v) is 1.46. The second kappa shape index (κ2) is 6.00. The van der Waals surface area contributed by atoms with E-state index in [0.29, 0.717) is 5.56 Å². The van der Waals surface area contributed by atoms with Crippen molar-refractivity contribution in [1.82, 2.24) is 4.90 Å². The van der Waals surface area contributed by atoms with Gasteiger partial charge in [-0.25, -0.2) is 4.79 Å². The quantitative estimate of drug-likeness (QED) is 0.776. The molecule has 0 spiro atoms. The second-order valence-electron chi connectivity index (χ2n) is 3.68. The van der Waals surface area contributed by atoms with Gasteiger partial charge >= 0.3 is 5.97 Å². The first-order valence-electron chi connectivity index (χ1n) is 5.22. The number of carboxylic acid groups (broad SMARTS) is 1. The van der Waals surface area contributed by atoms with Crippen LogP contribution in [0.3, 0.4) is 0 Å². The van der Waals surface area contributed by atoms with Crippen molar-refractivity contribution in [1.29, 1.82) is 0 Å². The van der Waals surface area contributed by atoms with Crippen molar-refractivity contribution in [2.75, 3.05) is 20.2 Å². The number of amides is 1. The molecular weight excluding hydrogens is 222 g/mol. The summed E-state index contributed by atoms with van der Waals surface area (Å²) in [6, 6.07) is 6.40. The Kier molecular flexibility index (Phi) is 4.66. The predicted octanol–water partition coefficient (Wildman–Crippen LogP) is 0.378. The lowest BCUT2D eigenvalue weighted by atomic mass is 10.0. The largest absolute Gasteiger partial charge is 0.478 e. The Morgan fingerprint density at radius 2 is 1.94 bits per heavy atom. The number of hydrogen-bond acceptors (Lipinski definition) is 3. The molecule has 0 unspecified atom stereocenters. The number of aliphatic hydroxyl groups excluding tert-OH is 1. The Morgan fingerprint density at radius 3 is 2.53 bits per heavy atom. The molecule has 1 aromatic carbocycles. The molecule has 0 saturated carbocycles. The summed E-state index contributed by atoms with van der Waals surface area (Å²) in [7, 11) is 1.57. The highest BCUT2D eigenvalue weighted by atomic mass is 16.4. The number of likely N-dealkylation sites (N-methyl/N-ethyl adjacent to an activating group) is 1. The summed E-state index contributed by atoms with van der Waals surface area (Å²) in [6.45, 7) is 0.136. The minimum atomic E-state index is -1.04. The van der Waals surface area contributed by atoms with Gasteiger partial charge in [0.15, 0.2) is 0 Å². The average Bonchev–Trinajstić information content (AvgIpc) is 2.29. The van der Waals surface area contributed by atoms with Crippen molar-refractivity contribution in [2.24, 2.45) is 0 Å².